The molecule has 0 amide bonds. The normalized spacial score (nSPS) is 16.7. The van der Waals surface area contributed by atoms with Gasteiger partial charge in [0, 0.05) is 5.39 Å². The first-order chi connectivity index (χ1) is 15.7. The van der Waals surface area contributed by atoms with Crippen molar-refractivity contribution >= 4 is 28.2 Å². The summed E-state index contributed by atoms with van der Waals surface area (Å²) in [5.41, 5.74) is 1.48. The number of hydrogen-bond donors (Lipinski definition) is 0. The molecular weight excluding hydrogens is 438 g/mol. The maximum Gasteiger partial charge on any atom is 0.394 e. The lowest BCUT2D eigenvalue weighted by Gasteiger charge is -2.32. The minimum Gasteiger partial charge on any atom is -0.489 e. The molecule has 10 heteroatoms. The molecule has 1 saturated carbocycles. The monoisotopic (exact) mass is 459 g/mol. The number of benzene rings is 2. The van der Waals surface area contributed by atoms with E-state index < -0.39 is 11.6 Å². The van der Waals surface area contributed by atoms with Gasteiger partial charge in [0.2, 0.25) is 0 Å². The van der Waals surface area contributed by atoms with Crippen molar-refractivity contribution < 1.29 is 22.3 Å². The predicted molar refractivity (Wildman–Crippen MR) is 115 cm³/mol. The molecule has 2 aromatic carbocycles. The van der Waals surface area contributed by atoms with Gasteiger partial charge < -0.3 is 9.64 Å². The van der Waals surface area contributed by atoms with E-state index in [1.165, 1.54) is 19.1 Å². The number of fused-ring (bicyclic) bond motifs is 4. The lowest BCUT2D eigenvalue weighted by Crippen LogP contribution is -2.30. The van der Waals surface area contributed by atoms with Gasteiger partial charge in [0.15, 0.2) is 0 Å². The van der Waals surface area contributed by atoms with Gasteiger partial charge in [0.25, 0.3) is 5.78 Å². The van der Waals surface area contributed by atoms with Crippen LogP contribution < -0.4 is 9.64 Å². The van der Waals surface area contributed by atoms with Crippen molar-refractivity contribution in [3.05, 3.63) is 54.1 Å². The van der Waals surface area contributed by atoms with Crippen molar-refractivity contribution in [2.75, 3.05) is 18.1 Å². The number of anilines is 2. The lowest BCUT2D eigenvalue weighted by molar-refractivity contribution is -0.181. The Hall–Kier alpha value is -3.43. The maximum atomic E-state index is 14.0. The van der Waals surface area contributed by atoms with Gasteiger partial charge in [-0.2, -0.15) is 18.2 Å². The van der Waals surface area contributed by atoms with Gasteiger partial charge >= 0.3 is 6.18 Å². The Kier molecular flexibility index (Phi) is 4.91. The molecule has 6 rings (SSSR count). The Morgan fingerprint density at radius 2 is 1.91 bits per heavy atom. The molecule has 2 aliphatic rings. The van der Waals surface area contributed by atoms with Crippen LogP contribution in [0.4, 0.5) is 29.1 Å². The fourth-order valence-electron chi connectivity index (χ4n) is 3.82. The Labute approximate surface area is 186 Å². The summed E-state index contributed by atoms with van der Waals surface area (Å²) in [7, 11) is 0. The highest BCUT2D eigenvalue weighted by atomic mass is 19.4. The molecule has 3 heterocycles. The maximum absolute atomic E-state index is 14.0. The highest BCUT2D eigenvalue weighted by molar-refractivity contribution is 5.94. The fourth-order valence-corrected chi connectivity index (χ4v) is 3.82. The quantitative estimate of drug-likeness (QED) is 0.347. The predicted octanol–water partition coefficient (Wildman–Crippen LogP) is 5.60. The Balaban J connectivity index is 0.000000243. The number of nitrogens with zero attached hydrogens (tertiary/aromatic N) is 5. The summed E-state index contributed by atoms with van der Waals surface area (Å²) in [6, 6.07) is 10.6. The van der Waals surface area contributed by atoms with Crippen LogP contribution in [0.2, 0.25) is 0 Å². The molecule has 33 heavy (non-hydrogen) atoms. The highest BCUT2D eigenvalue weighted by Crippen LogP contribution is 2.56. The first kappa shape index (κ1) is 21.4. The summed E-state index contributed by atoms with van der Waals surface area (Å²) >= 11 is 0. The molecule has 2 aromatic heterocycles. The first-order valence-corrected chi connectivity index (χ1v) is 10.5. The third-order valence-corrected chi connectivity index (χ3v) is 6.18. The van der Waals surface area contributed by atoms with Crippen molar-refractivity contribution in [2.24, 2.45) is 5.41 Å². The zero-order valence-corrected chi connectivity index (χ0v) is 18.0. The topological polar surface area (TPSA) is 55.5 Å². The van der Waals surface area contributed by atoms with Crippen LogP contribution in [0.3, 0.4) is 0 Å². The van der Waals surface area contributed by atoms with Crippen molar-refractivity contribution in [1.82, 2.24) is 19.6 Å². The molecule has 1 fully saturated rings. The van der Waals surface area contributed by atoms with E-state index in [2.05, 4.69) is 20.1 Å². The SMILES string of the molecule is CC1(C(F)(F)F)CC1.Cc1cccc2c1OCCN2c1nc2nncn2c2ccc(F)cc12. The number of alkyl halides is 3. The van der Waals surface area contributed by atoms with E-state index in [9.17, 15) is 17.6 Å². The van der Waals surface area contributed by atoms with Gasteiger partial charge in [-0.1, -0.05) is 19.1 Å². The van der Waals surface area contributed by atoms with Crippen LogP contribution >= 0.6 is 0 Å². The smallest absolute Gasteiger partial charge is 0.394 e. The zero-order valence-electron chi connectivity index (χ0n) is 18.0. The molecule has 1 aliphatic heterocycles. The van der Waals surface area contributed by atoms with Crippen molar-refractivity contribution in [3.8, 4) is 5.75 Å². The second-order valence-corrected chi connectivity index (χ2v) is 8.58. The Bertz CT molecular complexity index is 1340. The van der Waals surface area contributed by atoms with Crippen LogP contribution in [0, 0.1) is 18.2 Å². The highest BCUT2D eigenvalue weighted by Gasteiger charge is 2.59. The van der Waals surface area contributed by atoms with Crippen LogP contribution in [0.15, 0.2) is 42.7 Å². The summed E-state index contributed by atoms with van der Waals surface area (Å²) in [6.45, 7) is 4.43. The third-order valence-electron chi connectivity index (χ3n) is 6.18. The minimum absolute atomic E-state index is 0.305. The van der Waals surface area contributed by atoms with Crippen LogP contribution in [-0.2, 0) is 0 Å². The second kappa shape index (κ2) is 7.57. The number of hydrogen-bond acceptors (Lipinski definition) is 5. The molecule has 4 aromatic rings. The molecule has 0 radical (unpaired) electrons. The van der Waals surface area contributed by atoms with Crippen LogP contribution in [-0.4, -0.2) is 38.9 Å². The summed E-state index contributed by atoms with van der Waals surface area (Å²) in [6.07, 6.45) is -1.73. The van der Waals surface area contributed by atoms with Crippen molar-refractivity contribution in [2.45, 2.75) is 32.9 Å². The van der Waals surface area contributed by atoms with E-state index in [0.717, 1.165) is 22.5 Å². The molecule has 0 unspecified atom stereocenters. The standard InChI is InChI=1S/C18H14FN5O.C5H7F3/c1-11-3-2-4-15-16(11)25-8-7-23(15)17-13-9-12(19)5-6-14(13)24-10-20-22-18(24)21-17;1-4(2-3-4)5(6,7)8/h2-6,9-10H,7-8H2,1H3;2-3H2,1H3. The zero-order chi connectivity index (χ0) is 23.4. The van der Waals surface area contributed by atoms with E-state index in [4.69, 9.17) is 4.74 Å². The van der Waals surface area contributed by atoms with E-state index >= 15 is 0 Å². The summed E-state index contributed by atoms with van der Waals surface area (Å²) in [5.74, 6) is 1.67. The van der Waals surface area contributed by atoms with Crippen molar-refractivity contribution in [1.29, 1.82) is 0 Å². The number of para-hydroxylation sites is 1. The van der Waals surface area contributed by atoms with E-state index in [1.807, 2.05) is 25.1 Å². The number of aromatic nitrogens is 4. The summed E-state index contributed by atoms with van der Waals surface area (Å²) < 4.78 is 56.4. The molecular formula is C23H21F4N5O. The summed E-state index contributed by atoms with van der Waals surface area (Å²) in [4.78, 5) is 6.71. The molecule has 0 saturated heterocycles. The molecule has 6 nitrogen and oxygen atoms in total. The van der Waals surface area contributed by atoms with Crippen molar-refractivity contribution in [3.63, 3.8) is 0 Å². The second-order valence-electron chi connectivity index (χ2n) is 8.58. The largest absolute Gasteiger partial charge is 0.489 e. The van der Waals surface area contributed by atoms with E-state index in [1.54, 1.807) is 16.8 Å². The molecule has 172 valence electrons. The minimum atomic E-state index is -3.95. The number of ether oxygens (including phenoxy) is 1. The summed E-state index contributed by atoms with van der Waals surface area (Å²) in [5, 5.41) is 8.71. The Morgan fingerprint density at radius 3 is 2.61 bits per heavy atom. The molecule has 0 N–H and O–H groups in total. The van der Waals surface area contributed by atoms with Gasteiger partial charge in [-0.3, -0.25) is 4.40 Å². The van der Waals surface area contributed by atoms with E-state index in [-0.39, 0.29) is 5.82 Å². The average molecular weight is 459 g/mol. The lowest BCUT2D eigenvalue weighted by atomic mass is 10.1. The molecule has 1 aliphatic carbocycles. The van der Waals surface area contributed by atoms with Gasteiger partial charge in [-0.15, -0.1) is 10.2 Å². The number of rotatable bonds is 1. The molecule has 0 atom stereocenters. The first-order valence-electron chi connectivity index (χ1n) is 10.5. The molecule has 0 spiro atoms. The van der Waals surface area contributed by atoms with Gasteiger partial charge in [-0.25, -0.2) is 4.39 Å². The van der Waals surface area contributed by atoms with Crippen LogP contribution in [0.25, 0.3) is 16.7 Å². The molecule has 0 bridgehead atoms. The van der Waals surface area contributed by atoms with Gasteiger partial charge in [0.05, 0.1) is 23.2 Å². The average Bonchev–Trinajstić information content (AvgIpc) is 3.37. The number of aryl methyl sites for hydroxylation is 1. The fraction of sp³-hybridized carbons (Fsp3) is 0.348. The van der Waals surface area contributed by atoms with Crippen LogP contribution in [0.5, 0.6) is 5.75 Å². The van der Waals surface area contributed by atoms with Gasteiger partial charge in [0.1, 0.15) is 30.3 Å². The van der Waals surface area contributed by atoms with Gasteiger partial charge in [-0.05, 0) is 49.6 Å². The third kappa shape index (κ3) is 3.73. The number of halogens is 4. The van der Waals surface area contributed by atoms with Crippen LogP contribution in [0.1, 0.15) is 25.3 Å². The Morgan fingerprint density at radius 1 is 1.12 bits per heavy atom. The van der Waals surface area contributed by atoms with E-state index in [0.29, 0.717) is 43.0 Å².